The Kier molecular flexibility index (Phi) is 7.10. The van der Waals surface area contributed by atoms with Crippen LogP contribution in [0.2, 0.25) is 0 Å². The first kappa shape index (κ1) is 22.9. The van der Waals surface area contributed by atoms with E-state index < -0.39 is 10.8 Å². The summed E-state index contributed by atoms with van der Waals surface area (Å²) in [6.07, 6.45) is 3.68. The quantitative estimate of drug-likeness (QED) is 0.222. The molecule has 0 spiro atoms. The van der Waals surface area contributed by atoms with Crippen LogP contribution in [0.3, 0.4) is 0 Å². The number of ether oxygens (including phenoxy) is 1. The third-order valence-corrected chi connectivity index (χ3v) is 6.05. The van der Waals surface area contributed by atoms with E-state index in [1.165, 1.54) is 23.5 Å². The molecule has 1 fully saturated rings. The lowest BCUT2D eigenvalue weighted by Gasteiger charge is -2.10. The van der Waals surface area contributed by atoms with E-state index in [9.17, 15) is 20.2 Å². The summed E-state index contributed by atoms with van der Waals surface area (Å²) in [6, 6.07) is 15.0. The highest BCUT2D eigenvalue weighted by Crippen LogP contribution is 2.27. The number of nitro benzene ring substituents is 1. The number of nitrogens with zero attached hydrogens (tertiary/aromatic N) is 5. The van der Waals surface area contributed by atoms with E-state index in [0.717, 1.165) is 31.1 Å². The summed E-state index contributed by atoms with van der Waals surface area (Å²) in [5.41, 5.74) is 1.01. The van der Waals surface area contributed by atoms with Crippen molar-refractivity contribution in [3.63, 3.8) is 0 Å². The van der Waals surface area contributed by atoms with Crippen molar-refractivity contribution in [1.29, 1.82) is 5.26 Å². The molecular formula is C23H20N6O4S. The van der Waals surface area contributed by atoms with E-state index in [1.54, 1.807) is 42.5 Å². The second-order valence-corrected chi connectivity index (χ2v) is 8.41. The van der Waals surface area contributed by atoms with Crippen molar-refractivity contribution in [2.45, 2.75) is 19.4 Å². The molecule has 172 valence electrons. The molecule has 1 aliphatic rings. The van der Waals surface area contributed by atoms with Crippen molar-refractivity contribution in [2.24, 2.45) is 0 Å². The highest BCUT2D eigenvalue weighted by molar-refractivity contribution is 7.19. The monoisotopic (exact) mass is 476 g/mol. The van der Waals surface area contributed by atoms with Crippen molar-refractivity contribution in [3.8, 4) is 11.8 Å². The molecule has 0 saturated carbocycles. The van der Waals surface area contributed by atoms with Crippen LogP contribution in [-0.4, -0.2) is 34.1 Å². The SMILES string of the molecule is N#CC(=Cc1ccc(OCc2ccccc2[N+](=O)[O-])cc1)C(=O)Nc1nnc(N2CCCC2)s1. The molecule has 1 amide bonds. The van der Waals surface area contributed by atoms with Gasteiger partial charge in [-0.25, -0.2) is 0 Å². The van der Waals surface area contributed by atoms with Crippen LogP contribution >= 0.6 is 11.3 Å². The van der Waals surface area contributed by atoms with Crippen LogP contribution in [0.15, 0.2) is 54.1 Å². The van der Waals surface area contributed by atoms with Gasteiger partial charge in [-0.05, 0) is 42.7 Å². The van der Waals surface area contributed by atoms with Crippen molar-refractivity contribution in [3.05, 3.63) is 75.3 Å². The molecule has 0 atom stereocenters. The van der Waals surface area contributed by atoms with Crippen LogP contribution in [0, 0.1) is 21.4 Å². The number of para-hydroxylation sites is 1. The number of nitro groups is 1. The van der Waals surface area contributed by atoms with Gasteiger partial charge in [-0.2, -0.15) is 5.26 Å². The molecule has 34 heavy (non-hydrogen) atoms. The summed E-state index contributed by atoms with van der Waals surface area (Å²) in [5.74, 6) is -0.0649. The first-order chi connectivity index (χ1) is 16.5. The van der Waals surface area contributed by atoms with Gasteiger partial charge in [0.05, 0.1) is 10.5 Å². The highest BCUT2D eigenvalue weighted by atomic mass is 32.1. The predicted molar refractivity (Wildman–Crippen MR) is 127 cm³/mol. The van der Waals surface area contributed by atoms with Gasteiger partial charge in [0.1, 0.15) is 24.0 Å². The van der Waals surface area contributed by atoms with E-state index in [1.807, 2.05) is 6.07 Å². The Morgan fingerprint density at radius 1 is 1.21 bits per heavy atom. The second-order valence-electron chi connectivity index (χ2n) is 7.45. The third-order valence-electron chi connectivity index (χ3n) is 5.15. The van der Waals surface area contributed by atoms with Crippen LogP contribution in [0.25, 0.3) is 6.08 Å². The lowest BCUT2D eigenvalue weighted by molar-refractivity contribution is -0.385. The maximum absolute atomic E-state index is 12.5. The van der Waals surface area contributed by atoms with Gasteiger partial charge in [0.2, 0.25) is 10.3 Å². The summed E-state index contributed by atoms with van der Waals surface area (Å²) >= 11 is 1.28. The highest BCUT2D eigenvalue weighted by Gasteiger charge is 2.18. The first-order valence-electron chi connectivity index (χ1n) is 10.5. The van der Waals surface area contributed by atoms with E-state index in [0.29, 0.717) is 22.0 Å². The van der Waals surface area contributed by atoms with Gasteiger partial charge in [-0.15, -0.1) is 10.2 Å². The summed E-state index contributed by atoms with van der Waals surface area (Å²) in [4.78, 5) is 25.3. The topological polar surface area (TPSA) is 134 Å². The third kappa shape index (κ3) is 5.54. The molecule has 10 nitrogen and oxygen atoms in total. The molecule has 0 radical (unpaired) electrons. The average molecular weight is 477 g/mol. The Balaban J connectivity index is 1.38. The number of rotatable bonds is 8. The first-order valence-corrected chi connectivity index (χ1v) is 11.3. The second kappa shape index (κ2) is 10.5. The normalized spacial score (nSPS) is 13.4. The molecule has 1 saturated heterocycles. The van der Waals surface area contributed by atoms with E-state index in [-0.39, 0.29) is 17.9 Å². The predicted octanol–water partition coefficient (Wildman–Crippen LogP) is 4.17. The van der Waals surface area contributed by atoms with E-state index in [4.69, 9.17) is 4.74 Å². The van der Waals surface area contributed by atoms with Crippen molar-refractivity contribution >= 4 is 39.3 Å². The van der Waals surface area contributed by atoms with Crippen molar-refractivity contribution in [1.82, 2.24) is 10.2 Å². The van der Waals surface area contributed by atoms with E-state index >= 15 is 0 Å². The minimum atomic E-state index is -0.566. The number of aromatic nitrogens is 2. The smallest absolute Gasteiger partial charge is 0.276 e. The molecule has 1 aromatic heterocycles. The molecule has 1 aliphatic heterocycles. The van der Waals surface area contributed by atoms with Gasteiger partial charge in [-0.3, -0.25) is 20.2 Å². The minimum absolute atomic E-state index is 0.00490. The number of hydrogen-bond acceptors (Lipinski definition) is 9. The molecule has 3 aromatic rings. The molecular weight excluding hydrogens is 456 g/mol. The van der Waals surface area contributed by atoms with Crippen LogP contribution < -0.4 is 15.0 Å². The Morgan fingerprint density at radius 3 is 2.65 bits per heavy atom. The Hall–Kier alpha value is -4.30. The Labute approximate surface area is 199 Å². The molecule has 4 rings (SSSR count). The van der Waals surface area contributed by atoms with Gasteiger partial charge in [0, 0.05) is 19.2 Å². The lowest BCUT2D eigenvalue weighted by atomic mass is 10.1. The van der Waals surface area contributed by atoms with E-state index in [2.05, 4.69) is 20.4 Å². The molecule has 11 heteroatoms. The summed E-state index contributed by atoms with van der Waals surface area (Å²) in [7, 11) is 0. The number of carbonyl (C=O) groups excluding carboxylic acids is 1. The number of amides is 1. The minimum Gasteiger partial charge on any atom is -0.489 e. The summed E-state index contributed by atoms with van der Waals surface area (Å²) in [6.45, 7) is 1.89. The van der Waals surface area contributed by atoms with Gasteiger partial charge in [0.15, 0.2) is 0 Å². The number of benzene rings is 2. The van der Waals surface area contributed by atoms with Crippen molar-refractivity contribution < 1.29 is 14.5 Å². The molecule has 0 aliphatic carbocycles. The summed E-state index contributed by atoms with van der Waals surface area (Å²) in [5, 5.41) is 32.4. The summed E-state index contributed by atoms with van der Waals surface area (Å²) < 4.78 is 5.65. The lowest BCUT2D eigenvalue weighted by Crippen LogP contribution is -2.17. The number of hydrogen-bond donors (Lipinski definition) is 1. The van der Waals surface area contributed by atoms with Crippen LogP contribution in [0.4, 0.5) is 16.0 Å². The number of nitriles is 1. The fourth-order valence-electron chi connectivity index (χ4n) is 3.41. The van der Waals surface area contributed by atoms with Gasteiger partial charge in [0.25, 0.3) is 11.6 Å². The van der Waals surface area contributed by atoms with Gasteiger partial charge >= 0.3 is 0 Å². The maximum atomic E-state index is 12.5. The molecule has 2 aromatic carbocycles. The van der Waals surface area contributed by atoms with Gasteiger partial charge < -0.3 is 9.64 Å². The van der Waals surface area contributed by atoms with Crippen LogP contribution in [0.1, 0.15) is 24.0 Å². The zero-order valence-electron chi connectivity index (χ0n) is 18.0. The number of nitrogens with one attached hydrogen (secondary N) is 1. The van der Waals surface area contributed by atoms with Crippen LogP contribution in [0.5, 0.6) is 5.75 Å². The fraction of sp³-hybridized carbons (Fsp3) is 0.217. The molecule has 1 N–H and O–H groups in total. The largest absolute Gasteiger partial charge is 0.489 e. The number of anilines is 2. The Morgan fingerprint density at radius 2 is 1.94 bits per heavy atom. The number of carbonyl (C=O) groups is 1. The van der Waals surface area contributed by atoms with Crippen molar-refractivity contribution in [2.75, 3.05) is 23.3 Å². The van der Waals surface area contributed by atoms with Crippen LogP contribution in [-0.2, 0) is 11.4 Å². The fourth-order valence-corrected chi connectivity index (χ4v) is 4.21. The molecule has 2 heterocycles. The Bertz CT molecular complexity index is 1260. The van der Waals surface area contributed by atoms with Gasteiger partial charge in [-0.1, -0.05) is 35.6 Å². The molecule has 0 unspecified atom stereocenters. The zero-order valence-corrected chi connectivity index (χ0v) is 18.8. The standard InChI is InChI=1S/C23H20N6O4S/c24-14-18(21(30)25-22-26-27-23(34-22)28-11-3-4-12-28)13-16-7-9-19(10-8-16)33-15-17-5-1-2-6-20(17)29(31)32/h1-2,5-10,13H,3-4,11-12,15H2,(H,25,26,30). The average Bonchev–Trinajstić information content (AvgIpc) is 3.54. The maximum Gasteiger partial charge on any atom is 0.276 e. The zero-order chi connectivity index (χ0) is 23.9. The molecule has 0 bridgehead atoms.